The van der Waals surface area contributed by atoms with Crippen molar-refractivity contribution in [2.24, 2.45) is 0 Å². The van der Waals surface area contributed by atoms with E-state index in [1.807, 2.05) is 14.0 Å². The average Bonchev–Trinajstić information content (AvgIpc) is 2.45. The van der Waals surface area contributed by atoms with Crippen molar-refractivity contribution in [1.29, 1.82) is 0 Å². The van der Waals surface area contributed by atoms with Crippen LogP contribution >= 0.6 is 22.6 Å². The zero-order chi connectivity index (χ0) is 14.5. The van der Waals surface area contributed by atoms with E-state index in [0.29, 0.717) is 0 Å². The molecule has 0 aliphatic carbocycles. The van der Waals surface area contributed by atoms with Crippen molar-refractivity contribution < 1.29 is 0 Å². The van der Waals surface area contributed by atoms with Crippen LogP contribution in [0.1, 0.15) is 24.7 Å². The van der Waals surface area contributed by atoms with E-state index in [9.17, 15) is 0 Å². The van der Waals surface area contributed by atoms with Crippen molar-refractivity contribution in [3.8, 4) is 0 Å². The quantitative estimate of drug-likeness (QED) is 0.764. The van der Waals surface area contributed by atoms with E-state index in [1.54, 1.807) is 0 Å². The van der Waals surface area contributed by atoms with E-state index in [1.165, 1.54) is 3.57 Å². The number of rotatable bonds is 5. The normalized spacial score (nSPS) is 10.4. The first-order valence-corrected chi connectivity index (χ1v) is 7.79. The average molecular weight is 382 g/mol. The molecule has 0 radical (unpaired) electrons. The summed E-state index contributed by atoms with van der Waals surface area (Å²) in [6, 6.07) is 8.26. The second-order valence-electron chi connectivity index (χ2n) is 4.59. The van der Waals surface area contributed by atoms with Crippen molar-refractivity contribution in [3.05, 3.63) is 39.2 Å². The van der Waals surface area contributed by atoms with Crippen molar-refractivity contribution in [2.45, 2.75) is 26.7 Å². The van der Waals surface area contributed by atoms with Gasteiger partial charge in [-0.15, -0.1) is 0 Å². The number of nitrogens with one attached hydrogen (secondary N) is 2. The molecule has 0 aliphatic heterocycles. The first-order valence-electron chi connectivity index (χ1n) is 6.72. The van der Waals surface area contributed by atoms with E-state index in [2.05, 4.69) is 74.4 Å². The van der Waals surface area contributed by atoms with Gasteiger partial charge in [0.2, 0.25) is 0 Å². The minimum absolute atomic E-state index is 0.869. The molecule has 0 atom stereocenters. The molecule has 1 aromatic carbocycles. The van der Waals surface area contributed by atoms with Gasteiger partial charge in [0, 0.05) is 28.3 Å². The van der Waals surface area contributed by atoms with Crippen LogP contribution in [0, 0.1) is 10.5 Å². The summed E-state index contributed by atoms with van der Waals surface area (Å²) in [5.41, 5.74) is 2.07. The molecule has 0 aliphatic rings. The summed E-state index contributed by atoms with van der Waals surface area (Å²) < 4.78 is 1.22. The highest BCUT2D eigenvalue weighted by molar-refractivity contribution is 14.1. The summed E-state index contributed by atoms with van der Waals surface area (Å²) in [5, 5.41) is 6.52. The number of aryl methyl sites for hydroxylation is 1. The van der Waals surface area contributed by atoms with Gasteiger partial charge in [-0.2, -0.15) is 0 Å². The molecule has 0 amide bonds. The van der Waals surface area contributed by atoms with Crippen LogP contribution in [0.25, 0.3) is 0 Å². The highest BCUT2D eigenvalue weighted by Gasteiger charge is 2.09. The molecule has 0 saturated heterocycles. The fraction of sp³-hybridized carbons (Fsp3) is 0.333. The minimum Gasteiger partial charge on any atom is -0.373 e. The fourth-order valence-electron chi connectivity index (χ4n) is 1.93. The lowest BCUT2D eigenvalue weighted by Gasteiger charge is -2.13. The maximum atomic E-state index is 4.62. The fourth-order valence-corrected chi connectivity index (χ4v) is 2.29. The number of nitrogens with zero attached hydrogens (tertiary/aromatic N) is 2. The van der Waals surface area contributed by atoms with Crippen molar-refractivity contribution in [3.63, 3.8) is 0 Å². The second-order valence-corrected chi connectivity index (χ2v) is 5.84. The Labute approximate surface area is 133 Å². The van der Waals surface area contributed by atoms with Gasteiger partial charge in [-0.1, -0.05) is 6.92 Å². The van der Waals surface area contributed by atoms with Gasteiger partial charge in [0.1, 0.15) is 17.5 Å². The first kappa shape index (κ1) is 15.0. The molecule has 2 N–H and O–H groups in total. The Kier molecular flexibility index (Phi) is 5.17. The van der Waals surface area contributed by atoms with Crippen LogP contribution in [-0.4, -0.2) is 17.0 Å². The van der Waals surface area contributed by atoms with Crippen molar-refractivity contribution in [1.82, 2.24) is 9.97 Å². The molecule has 106 valence electrons. The number of hydrogen-bond acceptors (Lipinski definition) is 4. The lowest BCUT2D eigenvalue weighted by atomic mass is 10.2. The lowest BCUT2D eigenvalue weighted by molar-refractivity contribution is 0.835. The summed E-state index contributed by atoms with van der Waals surface area (Å²) in [4.78, 5) is 9.16. The number of aromatic nitrogens is 2. The van der Waals surface area contributed by atoms with Crippen LogP contribution in [0.3, 0.4) is 0 Å². The topological polar surface area (TPSA) is 49.8 Å². The number of hydrogen-bond donors (Lipinski definition) is 2. The third-order valence-corrected chi connectivity index (χ3v) is 3.73. The number of halogens is 1. The predicted molar refractivity (Wildman–Crippen MR) is 92.8 cm³/mol. The smallest absolute Gasteiger partial charge is 0.139 e. The maximum absolute atomic E-state index is 4.62. The summed E-state index contributed by atoms with van der Waals surface area (Å²) in [6.45, 7) is 4.16. The van der Waals surface area contributed by atoms with Crippen LogP contribution in [0.2, 0.25) is 0 Å². The summed E-state index contributed by atoms with van der Waals surface area (Å²) in [7, 11) is 1.89. The molecule has 0 spiro atoms. The Balaban J connectivity index is 2.33. The van der Waals surface area contributed by atoms with Crippen LogP contribution < -0.4 is 10.6 Å². The van der Waals surface area contributed by atoms with Gasteiger partial charge in [0.05, 0.1) is 0 Å². The summed E-state index contributed by atoms with van der Waals surface area (Å²) in [5.74, 6) is 2.63. The predicted octanol–water partition coefficient (Wildman–Crippen LogP) is 4.13. The monoisotopic (exact) mass is 382 g/mol. The van der Waals surface area contributed by atoms with E-state index >= 15 is 0 Å². The molecule has 0 bridgehead atoms. The zero-order valence-electron chi connectivity index (χ0n) is 12.0. The molecule has 0 fully saturated rings. The number of benzene rings is 1. The largest absolute Gasteiger partial charge is 0.373 e. The molecular formula is C15H19IN4. The molecule has 2 aromatic rings. The van der Waals surface area contributed by atoms with Gasteiger partial charge < -0.3 is 10.6 Å². The van der Waals surface area contributed by atoms with Gasteiger partial charge >= 0.3 is 0 Å². The highest BCUT2D eigenvalue weighted by Crippen LogP contribution is 2.24. The molecule has 0 saturated carbocycles. The molecule has 20 heavy (non-hydrogen) atoms. The Morgan fingerprint density at radius 3 is 2.35 bits per heavy atom. The van der Waals surface area contributed by atoms with E-state index in [-0.39, 0.29) is 0 Å². The van der Waals surface area contributed by atoms with Gasteiger partial charge in [-0.25, -0.2) is 9.97 Å². The van der Waals surface area contributed by atoms with E-state index in [0.717, 1.165) is 41.6 Å². The molecule has 0 unspecified atom stereocenters. The first-order chi connectivity index (χ1) is 9.63. The summed E-state index contributed by atoms with van der Waals surface area (Å²) >= 11 is 2.30. The maximum Gasteiger partial charge on any atom is 0.139 e. The lowest BCUT2D eigenvalue weighted by Crippen LogP contribution is -2.07. The van der Waals surface area contributed by atoms with Gasteiger partial charge in [-0.3, -0.25) is 0 Å². The van der Waals surface area contributed by atoms with Crippen molar-refractivity contribution >= 4 is 39.9 Å². The molecule has 5 heteroatoms. The van der Waals surface area contributed by atoms with E-state index < -0.39 is 0 Å². The van der Waals surface area contributed by atoms with Crippen LogP contribution in [0.15, 0.2) is 24.3 Å². The molecule has 4 nitrogen and oxygen atoms in total. The van der Waals surface area contributed by atoms with Crippen LogP contribution in [0.5, 0.6) is 0 Å². The molecule has 1 heterocycles. The van der Waals surface area contributed by atoms with Crippen LogP contribution in [-0.2, 0) is 6.42 Å². The van der Waals surface area contributed by atoms with Gasteiger partial charge in [0.25, 0.3) is 0 Å². The molecule has 1 aromatic heterocycles. The third-order valence-electron chi connectivity index (χ3n) is 3.01. The molecule has 2 rings (SSSR count). The van der Waals surface area contributed by atoms with Crippen LogP contribution in [0.4, 0.5) is 17.3 Å². The van der Waals surface area contributed by atoms with Gasteiger partial charge in [-0.05, 0) is 60.2 Å². The van der Waals surface area contributed by atoms with E-state index in [4.69, 9.17) is 0 Å². The number of anilines is 3. The molecular weight excluding hydrogens is 363 g/mol. The zero-order valence-corrected chi connectivity index (χ0v) is 14.2. The SMILES string of the molecule is CCCc1nc(NC)c(C)c(Nc2ccc(I)cc2)n1. The standard InChI is InChI=1S/C15H19IN4/c1-4-5-13-19-14(17-3)10(2)15(20-13)18-12-8-6-11(16)7-9-12/h6-9H,4-5H2,1-3H3,(H2,17,18,19,20). The Morgan fingerprint density at radius 1 is 1.10 bits per heavy atom. The minimum atomic E-state index is 0.869. The summed E-state index contributed by atoms with van der Waals surface area (Å²) in [6.07, 6.45) is 1.92. The Bertz CT molecular complexity index is 581. The van der Waals surface area contributed by atoms with Gasteiger partial charge in [0.15, 0.2) is 0 Å². The second kappa shape index (κ2) is 6.88. The third kappa shape index (κ3) is 3.59. The Morgan fingerprint density at radius 2 is 1.75 bits per heavy atom. The Hall–Kier alpha value is -1.37. The van der Waals surface area contributed by atoms with Crippen molar-refractivity contribution in [2.75, 3.05) is 17.7 Å². The highest BCUT2D eigenvalue weighted by atomic mass is 127.